The number of methoxy groups -OCH3 is 1. The summed E-state index contributed by atoms with van der Waals surface area (Å²) >= 11 is 0. The highest BCUT2D eigenvalue weighted by Gasteiger charge is 2.33. The largest absolute Gasteiger partial charge is 0.496 e. The molecule has 0 bridgehead atoms. The Balaban J connectivity index is 2.03. The van der Waals surface area contributed by atoms with Crippen molar-refractivity contribution in [3.63, 3.8) is 0 Å². The quantitative estimate of drug-likeness (QED) is 0.0757. The zero-order chi connectivity index (χ0) is 26.3. The van der Waals surface area contributed by atoms with Crippen LogP contribution >= 0.6 is 0 Å². The monoisotopic (exact) mass is 503 g/mol. The van der Waals surface area contributed by atoms with Crippen molar-refractivity contribution >= 4 is 11.9 Å². The zero-order valence-electron chi connectivity index (χ0n) is 22.7. The van der Waals surface area contributed by atoms with Gasteiger partial charge in [0.15, 0.2) is 0 Å². The van der Waals surface area contributed by atoms with Gasteiger partial charge >= 0.3 is 5.97 Å². The third-order valence-corrected chi connectivity index (χ3v) is 6.90. The molecule has 0 atom stereocenters. The molecule has 36 heavy (non-hydrogen) atoms. The van der Waals surface area contributed by atoms with Crippen molar-refractivity contribution in [1.29, 1.82) is 0 Å². The fourth-order valence-electron chi connectivity index (χ4n) is 4.68. The lowest BCUT2D eigenvalue weighted by atomic mass is 9.94. The third kappa shape index (κ3) is 8.84. The first kappa shape index (κ1) is 29.7. The Hall–Kier alpha value is -2.54. The van der Waals surface area contributed by atoms with Gasteiger partial charge in [-0.05, 0) is 38.7 Å². The number of ether oxygens (including phenoxy) is 3. The maximum Gasteiger partial charge on any atom is 0.342 e. The number of benzene rings is 1. The average molecular weight is 504 g/mol. The van der Waals surface area contributed by atoms with Gasteiger partial charge in [-0.3, -0.25) is 10.0 Å². The van der Waals surface area contributed by atoms with Gasteiger partial charge in [0.25, 0.3) is 0 Å². The molecule has 202 valence electrons. The number of hydrogen-bond donors (Lipinski definition) is 2. The van der Waals surface area contributed by atoms with Crippen LogP contribution in [0.15, 0.2) is 11.6 Å². The number of rotatable bonds is 18. The predicted molar refractivity (Wildman–Crippen MR) is 141 cm³/mol. The Kier molecular flexibility index (Phi) is 13.4. The summed E-state index contributed by atoms with van der Waals surface area (Å²) in [7, 11) is 1.63. The second kappa shape index (κ2) is 16.3. The molecule has 2 rings (SSSR count). The number of amides is 1. The number of carbonyl (C=O) groups is 2. The van der Waals surface area contributed by atoms with Gasteiger partial charge in [-0.15, -0.1) is 0 Å². The average Bonchev–Trinajstić information content (AvgIpc) is 3.27. The molecule has 1 aliphatic rings. The Morgan fingerprint density at radius 2 is 1.67 bits per heavy atom. The molecular formula is C29H45NO6. The zero-order valence-corrected chi connectivity index (χ0v) is 22.7. The van der Waals surface area contributed by atoms with Crippen LogP contribution in [0.4, 0.5) is 0 Å². The van der Waals surface area contributed by atoms with E-state index in [1.54, 1.807) is 12.6 Å². The molecule has 1 aromatic rings. The van der Waals surface area contributed by atoms with Gasteiger partial charge in [0.1, 0.15) is 23.7 Å². The van der Waals surface area contributed by atoms with E-state index in [0.717, 1.165) is 35.1 Å². The topological polar surface area (TPSA) is 94.1 Å². The maximum absolute atomic E-state index is 12.6. The molecule has 0 saturated heterocycles. The predicted octanol–water partition coefficient (Wildman–Crippen LogP) is 6.75. The van der Waals surface area contributed by atoms with Crippen molar-refractivity contribution in [2.45, 2.75) is 111 Å². The maximum atomic E-state index is 12.6. The minimum atomic E-state index is -0.419. The SMILES string of the molecule is CCCCCCCCCCCCOc1c(C/C=C(\C)CCC(=O)NO)c(OC)c(C)c2c1C(=O)OC2. The molecule has 0 unspecified atom stereocenters. The normalized spacial score (nSPS) is 12.9. The number of hydroxylamine groups is 1. The minimum absolute atomic E-state index is 0.202. The van der Waals surface area contributed by atoms with Crippen LogP contribution in [0.3, 0.4) is 0 Å². The van der Waals surface area contributed by atoms with Gasteiger partial charge in [0.05, 0.1) is 13.7 Å². The number of cyclic esters (lactones) is 1. The molecule has 1 heterocycles. The highest BCUT2D eigenvalue weighted by atomic mass is 16.5. The van der Waals surface area contributed by atoms with E-state index in [2.05, 4.69) is 6.92 Å². The third-order valence-electron chi connectivity index (χ3n) is 6.90. The van der Waals surface area contributed by atoms with E-state index in [9.17, 15) is 9.59 Å². The van der Waals surface area contributed by atoms with Gasteiger partial charge < -0.3 is 14.2 Å². The van der Waals surface area contributed by atoms with E-state index in [1.165, 1.54) is 51.4 Å². The first-order valence-electron chi connectivity index (χ1n) is 13.5. The number of nitrogens with one attached hydrogen (secondary N) is 1. The first-order chi connectivity index (χ1) is 17.4. The molecule has 7 heteroatoms. The summed E-state index contributed by atoms with van der Waals surface area (Å²) in [6, 6.07) is 0. The second-order valence-corrected chi connectivity index (χ2v) is 9.72. The summed E-state index contributed by atoms with van der Waals surface area (Å²) in [4.78, 5) is 24.0. The molecule has 7 nitrogen and oxygen atoms in total. The highest BCUT2D eigenvalue weighted by molar-refractivity contribution is 5.98. The van der Waals surface area contributed by atoms with Crippen molar-refractivity contribution in [2.24, 2.45) is 0 Å². The summed E-state index contributed by atoms with van der Waals surface area (Å²) in [5.74, 6) is 0.498. The number of hydrogen-bond acceptors (Lipinski definition) is 6. The van der Waals surface area contributed by atoms with E-state index in [-0.39, 0.29) is 19.0 Å². The van der Waals surface area contributed by atoms with Gasteiger partial charge in [0.2, 0.25) is 5.91 Å². The molecule has 2 N–H and O–H groups in total. The lowest BCUT2D eigenvalue weighted by molar-refractivity contribution is -0.129. The lowest BCUT2D eigenvalue weighted by Crippen LogP contribution is -2.17. The van der Waals surface area contributed by atoms with Gasteiger partial charge in [-0.25, -0.2) is 10.3 Å². The van der Waals surface area contributed by atoms with E-state index in [0.29, 0.717) is 36.5 Å². The molecule has 0 saturated carbocycles. The molecular weight excluding hydrogens is 458 g/mol. The summed E-state index contributed by atoms with van der Waals surface area (Å²) in [5.41, 5.74) is 5.73. The van der Waals surface area contributed by atoms with Crippen LogP contribution in [0.1, 0.15) is 118 Å². The van der Waals surface area contributed by atoms with Crippen molar-refractivity contribution < 1.29 is 29.0 Å². The number of carbonyl (C=O) groups excluding carboxylic acids is 2. The summed E-state index contributed by atoms with van der Waals surface area (Å²) in [5, 5.41) is 8.71. The minimum Gasteiger partial charge on any atom is -0.496 e. The number of esters is 1. The van der Waals surface area contributed by atoms with Crippen LogP contribution in [-0.2, 0) is 22.6 Å². The Bertz CT molecular complexity index is 892. The number of allylic oxidation sites excluding steroid dienone is 2. The Morgan fingerprint density at radius 1 is 1.03 bits per heavy atom. The van der Waals surface area contributed by atoms with Gasteiger partial charge in [-0.1, -0.05) is 76.4 Å². The van der Waals surface area contributed by atoms with Crippen molar-refractivity contribution in [3.05, 3.63) is 33.9 Å². The number of unbranched alkanes of at least 4 members (excludes halogenated alkanes) is 9. The molecule has 0 aromatic heterocycles. The molecule has 0 aliphatic carbocycles. The first-order valence-corrected chi connectivity index (χ1v) is 13.5. The summed E-state index contributed by atoms with van der Waals surface area (Å²) in [6.45, 7) is 6.90. The highest BCUT2D eigenvalue weighted by Crippen LogP contribution is 2.43. The molecule has 1 aromatic carbocycles. The smallest absolute Gasteiger partial charge is 0.342 e. The Labute approximate surface area is 216 Å². The van der Waals surface area contributed by atoms with E-state index >= 15 is 0 Å². The van der Waals surface area contributed by atoms with E-state index in [1.807, 2.05) is 19.9 Å². The fourth-order valence-corrected chi connectivity index (χ4v) is 4.68. The molecule has 0 spiro atoms. The van der Waals surface area contributed by atoms with E-state index in [4.69, 9.17) is 19.4 Å². The molecule has 1 amide bonds. The number of fused-ring (bicyclic) bond motifs is 1. The summed E-state index contributed by atoms with van der Waals surface area (Å²) in [6.07, 6.45) is 15.7. The van der Waals surface area contributed by atoms with Crippen molar-refractivity contribution in [3.8, 4) is 11.5 Å². The van der Waals surface area contributed by atoms with Crippen LogP contribution < -0.4 is 15.0 Å². The lowest BCUT2D eigenvalue weighted by Gasteiger charge is -2.19. The summed E-state index contributed by atoms with van der Waals surface area (Å²) < 4.78 is 17.4. The van der Waals surface area contributed by atoms with E-state index < -0.39 is 5.91 Å². The van der Waals surface area contributed by atoms with Crippen molar-refractivity contribution in [2.75, 3.05) is 13.7 Å². The van der Waals surface area contributed by atoms with Crippen LogP contribution in [0, 0.1) is 6.92 Å². The van der Waals surface area contributed by atoms with Crippen LogP contribution in [0.2, 0.25) is 0 Å². The van der Waals surface area contributed by atoms with Crippen LogP contribution in [-0.4, -0.2) is 30.8 Å². The van der Waals surface area contributed by atoms with Crippen molar-refractivity contribution in [1.82, 2.24) is 5.48 Å². The second-order valence-electron chi connectivity index (χ2n) is 9.72. The fraction of sp³-hybridized carbons (Fsp3) is 0.655. The van der Waals surface area contributed by atoms with Crippen LogP contribution in [0.25, 0.3) is 0 Å². The Morgan fingerprint density at radius 3 is 2.28 bits per heavy atom. The molecule has 0 fully saturated rings. The van der Waals surface area contributed by atoms with Gasteiger partial charge in [0, 0.05) is 17.5 Å². The van der Waals surface area contributed by atoms with Crippen LogP contribution in [0.5, 0.6) is 11.5 Å². The molecule has 1 aliphatic heterocycles. The standard InChI is InChI=1S/C29H45NO6/c1-5-6-7-8-9-10-11-12-13-14-19-35-28-23(17-15-21(2)16-18-25(31)30-33)27(34-4)22(3)24-20-36-29(32)26(24)28/h15,33H,5-14,16-20H2,1-4H3,(H,30,31)/b21-15+. The van der Waals surface area contributed by atoms with Gasteiger partial charge in [-0.2, -0.15) is 0 Å². The molecule has 0 radical (unpaired) electrons.